The minimum atomic E-state index is -0.302. The zero-order chi connectivity index (χ0) is 10.6. The molecule has 0 bridgehead atoms. The third-order valence-electron chi connectivity index (χ3n) is 1.98. The molecule has 0 radical (unpaired) electrons. The van der Waals surface area contributed by atoms with Gasteiger partial charge in [0.2, 0.25) is 0 Å². The Morgan fingerprint density at radius 2 is 2.43 bits per heavy atom. The van der Waals surface area contributed by atoms with E-state index in [9.17, 15) is 4.39 Å². The summed E-state index contributed by atoms with van der Waals surface area (Å²) < 4.78 is 13.1. The van der Waals surface area contributed by atoms with Crippen LogP contribution in [0.25, 0.3) is 5.57 Å². The first-order chi connectivity index (χ1) is 6.65. The Labute approximate surface area is 83.6 Å². The second-order valence-electron chi connectivity index (χ2n) is 3.39. The van der Waals surface area contributed by atoms with Crippen molar-refractivity contribution >= 4 is 5.57 Å². The van der Waals surface area contributed by atoms with Crippen LogP contribution in [-0.2, 0) is 0 Å². The predicted octanol–water partition coefficient (Wildman–Crippen LogP) is 2.25. The molecule has 0 amide bonds. The van der Waals surface area contributed by atoms with Crippen LogP contribution in [0.3, 0.4) is 0 Å². The average Bonchev–Trinajstić information content (AvgIpc) is 2.51. The number of allylic oxidation sites excluding steroid dienone is 1. The minimum Gasteiger partial charge on any atom is -0.380 e. The summed E-state index contributed by atoms with van der Waals surface area (Å²) in [7, 11) is 1.97. The molecule has 0 aliphatic carbocycles. The van der Waals surface area contributed by atoms with Crippen LogP contribution in [-0.4, -0.2) is 28.7 Å². The third-order valence-corrected chi connectivity index (χ3v) is 1.98. The molecule has 0 spiro atoms. The first-order valence-electron chi connectivity index (χ1n) is 4.73. The zero-order valence-corrected chi connectivity index (χ0v) is 8.84. The Morgan fingerprint density at radius 1 is 1.71 bits per heavy atom. The highest BCUT2D eigenvalue weighted by Gasteiger charge is 2.05. The second kappa shape index (κ2) is 4.79. The van der Waals surface area contributed by atoms with E-state index < -0.39 is 0 Å². The first kappa shape index (κ1) is 10.8. The lowest BCUT2D eigenvalue weighted by Crippen LogP contribution is -2.11. The van der Waals surface area contributed by atoms with E-state index in [-0.39, 0.29) is 5.82 Å². The summed E-state index contributed by atoms with van der Waals surface area (Å²) in [5.74, 6) is -0.302. The fourth-order valence-electron chi connectivity index (χ4n) is 1.36. The highest BCUT2D eigenvalue weighted by molar-refractivity contribution is 5.59. The van der Waals surface area contributed by atoms with Crippen molar-refractivity contribution in [2.24, 2.45) is 0 Å². The average molecular weight is 197 g/mol. The molecule has 0 aliphatic heterocycles. The van der Waals surface area contributed by atoms with Gasteiger partial charge in [-0.05, 0) is 18.9 Å². The Bertz CT molecular complexity index is 317. The second-order valence-corrected chi connectivity index (χ2v) is 3.39. The van der Waals surface area contributed by atoms with E-state index in [2.05, 4.69) is 17.1 Å². The fourth-order valence-corrected chi connectivity index (χ4v) is 1.36. The maximum absolute atomic E-state index is 13.1. The summed E-state index contributed by atoms with van der Waals surface area (Å²) in [4.78, 5) is 2.04. The number of halogens is 1. The SMILES string of the molecule is CCCN(C)/C=C(\C)c1[nH]ncc1F. The van der Waals surface area contributed by atoms with E-state index in [1.54, 1.807) is 0 Å². The lowest BCUT2D eigenvalue weighted by molar-refractivity contribution is 0.455. The maximum Gasteiger partial charge on any atom is 0.168 e. The Hall–Kier alpha value is -1.32. The van der Waals surface area contributed by atoms with Gasteiger partial charge in [-0.3, -0.25) is 5.10 Å². The van der Waals surface area contributed by atoms with Gasteiger partial charge in [-0.2, -0.15) is 5.10 Å². The molecule has 14 heavy (non-hydrogen) atoms. The van der Waals surface area contributed by atoms with Crippen molar-refractivity contribution in [2.45, 2.75) is 20.3 Å². The fraction of sp³-hybridized carbons (Fsp3) is 0.500. The number of hydrogen-bond acceptors (Lipinski definition) is 2. The van der Waals surface area contributed by atoms with Gasteiger partial charge in [0.05, 0.1) is 11.9 Å². The predicted molar refractivity (Wildman–Crippen MR) is 55.1 cm³/mol. The molecule has 0 atom stereocenters. The summed E-state index contributed by atoms with van der Waals surface area (Å²) in [5.41, 5.74) is 1.32. The van der Waals surface area contributed by atoms with E-state index >= 15 is 0 Å². The first-order valence-corrected chi connectivity index (χ1v) is 4.73. The molecule has 0 aliphatic rings. The van der Waals surface area contributed by atoms with Gasteiger partial charge in [0.25, 0.3) is 0 Å². The van der Waals surface area contributed by atoms with Crippen molar-refractivity contribution in [3.63, 3.8) is 0 Å². The Balaban J connectivity index is 2.74. The molecule has 1 heterocycles. The van der Waals surface area contributed by atoms with Crippen LogP contribution < -0.4 is 0 Å². The molecule has 1 rings (SSSR count). The number of aromatic nitrogens is 2. The topological polar surface area (TPSA) is 31.9 Å². The molecule has 1 N–H and O–H groups in total. The van der Waals surface area contributed by atoms with Crippen molar-refractivity contribution in [1.82, 2.24) is 15.1 Å². The Morgan fingerprint density at radius 3 is 2.93 bits per heavy atom. The lowest BCUT2D eigenvalue weighted by atomic mass is 10.2. The molecule has 4 heteroatoms. The van der Waals surface area contributed by atoms with Gasteiger partial charge in [0.15, 0.2) is 5.82 Å². The number of nitrogens with zero attached hydrogens (tertiary/aromatic N) is 2. The van der Waals surface area contributed by atoms with Gasteiger partial charge >= 0.3 is 0 Å². The summed E-state index contributed by atoms with van der Waals surface area (Å²) in [6.45, 7) is 4.94. The van der Waals surface area contributed by atoms with E-state index in [4.69, 9.17) is 0 Å². The summed E-state index contributed by atoms with van der Waals surface area (Å²) in [5, 5.41) is 6.27. The molecule has 0 unspecified atom stereocenters. The number of nitrogens with one attached hydrogen (secondary N) is 1. The molecule has 78 valence electrons. The van der Waals surface area contributed by atoms with Crippen LogP contribution >= 0.6 is 0 Å². The van der Waals surface area contributed by atoms with Crippen molar-refractivity contribution in [3.05, 3.63) is 23.9 Å². The van der Waals surface area contributed by atoms with Gasteiger partial charge in [-0.25, -0.2) is 4.39 Å². The van der Waals surface area contributed by atoms with Gasteiger partial charge in [-0.1, -0.05) is 6.92 Å². The van der Waals surface area contributed by atoms with Gasteiger partial charge in [0, 0.05) is 19.8 Å². The number of hydrogen-bond donors (Lipinski definition) is 1. The molecule has 1 aromatic rings. The molecule has 1 aromatic heterocycles. The van der Waals surface area contributed by atoms with Crippen molar-refractivity contribution in [2.75, 3.05) is 13.6 Å². The van der Waals surface area contributed by atoms with Crippen LogP contribution in [0.4, 0.5) is 4.39 Å². The van der Waals surface area contributed by atoms with E-state index in [1.807, 2.05) is 25.1 Å². The third kappa shape index (κ3) is 2.58. The standard InChI is InChI=1S/C10H16FN3/c1-4-5-14(3)7-8(2)10-9(11)6-12-13-10/h6-7H,4-5H2,1-3H3,(H,12,13)/b8-7+. The highest BCUT2D eigenvalue weighted by Crippen LogP contribution is 2.14. The van der Waals surface area contributed by atoms with Crippen molar-refractivity contribution in [1.29, 1.82) is 0 Å². The number of H-pyrrole nitrogens is 1. The quantitative estimate of drug-likeness (QED) is 0.802. The smallest absolute Gasteiger partial charge is 0.168 e. The normalized spacial score (nSPS) is 11.9. The number of aromatic amines is 1. The maximum atomic E-state index is 13.1. The zero-order valence-electron chi connectivity index (χ0n) is 8.84. The largest absolute Gasteiger partial charge is 0.380 e. The van der Waals surface area contributed by atoms with Gasteiger partial charge in [0.1, 0.15) is 0 Å². The highest BCUT2D eigenvalue weighted by atomic mass is 19.1. The summed E-state index contributed by atoms with van der Waals surface area (Å²) in [6, 6.07) is 0. The molecule has 3 nitrogen and oxygen atoms in total. The lowest BCUT2D eigenvalue weighted by Gasteiger charge is -2.13. The van der Waals surface area contributed by atoms with Gasteiger partial charge < -0.3 is 4.90 Å². The van der Waals surface area contributed by atoms with Crippen LogP contribution in [0, 0.1) is 5.82 Å². The minimum absolute atomic E-state index is 0.302. The van der Waals surface area contributed by atoms with Crippen molar-refractivity contribution in [3.8, 4) is 0 Å². The Kier molecular flexibility index (Phi) is 3.68. The molecule has 0 saturated heterocycles. The number of rotatable bonds is 4. The van der Waals surface area contributed by atoms with Crippen LogP contribution in [0.5, 0.6) is 0 Å². The molecular weight excluding hydrogens is 181 g/mol. The van der Waals surface area contributed by atoms with E-state index in [1.165, 1.54) is 6.20 Å². The van der Waals surface area contributed by atoms with Crippen molar-refractivity contribution < 1.29 is 4.39 Å². The van der Waals surface area contributed by atoms with E-state index in [0.717, 1.165) is 18.5 Å². The van der Waals surface area contributed by atoms with Crippen LogP contribution in [0.15, 0.2) is 12.4 Å². The molecule has 0 saturated carbocycles. The van der Waals surface area contributed by atoms with E-state index in [0.29, 0.717) is 5.69 Å². The summed E-state index contributed by atoms with van der Waals surface area (Å²) in [6.07, 6.45) is 4.18. The molecular formula is C10H16FN3. The molecule has 0 fully saturated rings. The monoisotopic (exact) mass is 197 g/mol. The summed E-state index contributed by atoms with van der Waals surface area (Å²) >= 11 is 0. The molecule has 0 aromatic carbocycles. The van der Waals surface area contributed by atoms with Gasteiger partial charge in [-0.15, -0.1) is 0 Å². The van der Waals surface area contributed by atoms with Crippen LogP contribution in [0.2, 0.25) is 0 Å². The van der Waals surface area contributed by atoms with Crippen LogP contribution in [0.1, 0.15) is 26.0 Å².